The Morgan fingerprint density at radius 3 is 3.14 bits per heavy atom. The molecular formula is C10H9ClO3. The molecule has 1 aromatic rings. The number of benzene rings is 1. The molecule has 1 N–H and O–H groups in total. The van der Waals surface area contributed by atoms with Crippen molar-refractivity contribution in [2.75, 3.05) is 6.61 Å². The molecule has 0 bridgehead atoms. The van der Waals surface area contributed by atoms with Crippen LogP contribution in [0.1, 0.15) is 11.1 Å². The minimum atomic E-state index is 0.00279. The predicted octanol–water partition coefficient (Wildman–Crippen LogP) is 1.72. The molecule has 0 atom stereocenters. The molecule has 0 radical (unpaired) electrons. The van der Waals surface area contributed by atoms with E-state index in [0.717, 1.165) is 11.8 Å². The first-order valence-electron chi connectivity index (χ1n) is 4.33. The van der Waals surface area contributed by atoms with E-state index in [0.29, 0.717) is 29.4 Å². The Morgan fingerprint density at radius 1 is 1.64 bits per heavy atom. The second-order valence-electron chi connectivity index (χ2n) is 3.14. The van der Waals surface area contributed by atoms with E-state index in [1.165, 1.54) is 0 Å². The SMILES string of the molecule is O=CCc1cc2c(c(Cl)c1O)CCO2. The number of phenolic OH excluding ortho intramolecular Hbond substituents is 1. The molecule has 4 heteroatoms. The van der Waals surface area contributed by atoms with Crippen LogP contribution in [0.5, 0.6) is 11.5 Å². The van der Waals surface area contributed by atoms with Crippen LogP contribution in [0.4, 0.5) is 0 Å². The fourth-order valence-electron chi connectivity index (χ4n) is 1.58. The van der Waals surface area contributed by atoms with Gasteiger partial charge in [-0.2, -0.15) is 0 Å². The lowest BCUT2D eigenvalue weighted by Crippen LogP contribution is -1.90. The lowest BCUT2D eigenvalue weighted by atomic mass is 10.1. The molecule has 74 valence electrons. The molecule has 1 aromatic carbocycles. The molecule has 0 fully saturated rings. The number of halogens is 1. The molecule has 2 rings (SSSR count). The van der Waals surface area contributed by atoms with Crippen LogP contribution in [0, 0.1) is 0 Å². The summed E-state index contributed by atoms with van der Waals surface area (Å²) in [6, 6.07) is 1.68. The summed E-state index contributed by atoms with van der Waals surface area (Å²) in [4.78, 5) is 10.3. The first kappa shape index (κ1) is 9.34. The number of hydrogen-bond acceptors (Lipinski definition) is 3. The summed E-state index contributed by atoms with van der Waals surface area (Å²) in [7, 11) is 0. The van der Waals surface area contributed by atoms with Crippen LogP contribution >= 0.6 is 11.6 Å². The zero-order chi connectivity index (χ0) is 10.1. The van der Waals surface area contributed by atoms with Gasteiger partial charge >= 0.3 is 0 Å². The minimum Gasteiger partial charge on any atom is -0.506 e. The quantitative estimate of drug-likeness (QED) is 0.760. The third-order valence-corrected chi connectivity index (χ3v) is 2.70. The normalized spacial score (nSPS) is 13.5. The average molecular weight is 213 g/mol. The first-order chi connectivity index (χ1) is 6.74. The largest absolute Gasteiger partial charge is 0.506 e. The highest BCUT2D eigenvalue weighted by molar-refractivity contribution is 6.33. The lowest BCUT2D eigenvalue weighted by molar-refractivity contribution is -0.107. The number of aldehydes is 1. The Kier molecular flexibility index (Phi) is 2.33. The van der Waals surface area contributed by atoms with Gasteiger partial charge in [0.2, 0.25) is 0 Å². The van der Waals surface area contributed by atoms with Gasteiger partial charge in [-0.1, -0.05) is 11.6 Å². The summed E-state index contributed by atoms with van der Waals surface area (Å²) in [6.07, 6.45) is 1.60. The molecule has 0 aliphatic carbocycles. The van der Waals surface area contributed by atoms with E-state index < -0.39 is 0 Å². The second-order valence-corrected chi connectivity index (χ2v) is 3.52. The summed E-state index contributed by atoms with van der Waals surface area (Å²) < 4.78 is 5.31. The third-order valence-electron chi connectivity index (χ3n) is 2.29. The molecule has 0 spiro atoms. The summed E-state index contributed by atoms with van der Waals surface area (Å²) in [5, 5.41) is 9.96. The molecule has 1 aliphatic rings. The number of hydrogen-bond donors (Lipinski definition) is 1. The third kappa shape index (κ3) is 1.34. The van der Waals surface area contributed by atoms with E-state index >= 15 is 0 Å². The standard InChI is InChI=1S/C10H9ClO3/c11-9-7-2-4-14-8(7)5-6(1-3-12)10(9)13/h3,5,13H,1-2,4H2. The number of fused-ring (bicyclic) bond motifs is 1. The minimum absolute atomic E-state index is 0.00279. The van der Waals surface area contributed by atoms with Crippen molar-refractivity contribution in [2.45, 2.75) is 12.8 Å². The summed E-state index contributed by atoms with van der Waals surface area (Å²) in [5.74, 6) is 0.688. The van der Waals surface area contributed by atoms with Crippen molar-refractivity contribution >= 4 is 17.9 Å². The Balaban J connectivity index is 2.54. The number of carbonyl (C=O) groups excluding carboxylic acids is 1. The molecule has 1 heterocycles. The molecule has 14 heavy (non-hydrogen) atoms. The second kappa shape index (κ2) is 3.50. The monoisotopic (exact) mass is 212 g/mol. The molecule has 1 aliphatic heterocycles. The highest BCUT2D eigenvalue weighted by Gasteiger charge is 2.20. The number of carbonyl (C=O) groups is 1. The van der Waals surface area contributed by atoms with Crippen LogP contribution in [-0.4, -0.2) is 18.0 Å². The molecular weight excluding hydrogens is 204 g/mol. The topological polar surface area (TPSA) is 46.5 Å². The van der Waals surface area contributed by atoms with E-state index in [2.05, 4.69) is 0 Å². The van der Waals surface area contributed by atoms with E-state index in [4.69, 9.17) is 16.3 Å². The van der Waals surface area contributed by atoms with Crippen molar-refractivity contribution in [2.24, 2.45) is 0 Å². The van der Waals surface area contributed by atoms with Crippen LogP contribution < -0.4 is 4.74 Å². The van der Waals surface area contributed by atoms with Gasteiger partial charge in [0.15, 0.2) is 0 Å². The van der Waals surface area contributed by atoms with Crippen LogP contribution in [-0.2, 0) is 17.6 Å². The maximum absolute atomic E-state index is 10.3. The molecule has 3 nitrogen and oxygen atoms in total. The van der Waals surface area contributed by atoms with E-state index in [1.54, 1.807) is 6.07 Å². The Hall–Kier alpha value is -1.22. The zero-order valence-corrected chi connectivity index (χ0v) is 8.17. The molecule has 0 unspecified atom stereocenters. The van der Waals surface area contributed by atoms with Crippen molar-refractivity contribution in [1.29, 1.82) is 0 Å². The predicted molar refractivity (Wildman–Crippen MR) is 52.1 cm³/mol. The zero-order valence-electron chi connectivity index (χ0n) is 7.42. The van der Waals surface area contributed by atoms with Crippen LogP contribution in [0.25, 0.3) is 0 Å². The van der Waals surface area contributed by atoms with Crippen molar-refractivity contribution in [1.82, 2.24) is 0 Å². The van der Waals surface area contributed by atoms with Gasteiger partial charge in [0.05, 0.1) is 11.6 Å². The van der Waals surface area contributed by atoms with Crippen molar-refractivity contribution < 1.29 is 14.6 Å². The first-order valence-corrected chi connectivity index (χ1v) is 4.71. The van der Waals surface area contributed by atoms with Crippen molar-refractivity contribution in [3.05, 3.63) is 22.2 Å². The average Bonchev–Trinajstić information content (AvgIpc) is 2.62. The number of aromatic hydroxyl groups is 1. The van der Waals surface area contributed by atoms with Gasteiger partial charge in [0, 0.05) is 24.0 Å². The number of phenols is 1. The fourth-order valence-corrected chi connectivity index (χ4v) is 1.88. The highest BCUT2D eigenvalue weighted by atomic mass is 35.5. The van der Waals surface area contributed by atoms with Gasteiger partial charge in [-0.25, -0.2) is 0 Å². The maximum atomic E-state index is 10.3. The Morgan fingerprint density at radius 2 is 2.43 bits per heavy atom. The van der Waals surface area contributed by atoms with Crippen molar-refractivity contribution in [3.8, 4) is 11.5 Å². The molecule has 0 saturated carbocycles. The van der Waals surface area contributed by atoms with E-state index in [9.17, 15) is 9.90 Å². The summed E-state index contributed by atoms with van der Waals surface area (Å²) >= 11 is 5.93. The molecule has 0 aromatic heterocycles. The number of rotatable bonds is 2. The van der Waals surface area contributed by atoms with E-state index in [1.807, 2.05) is 0 Å². The van der Waals surface area contributed by atoms with Gasteiger partial charge in [0.25, 0.3) is 0 Å². The molecule has 0 saturated heterocycles. The van der Waals surface area contributed by atoms with Gasteiger partial charge in [0.1, 0.15) is 17.8 Å². The van der Waals surface area contributed by atoms with Gasteiger partial charge in [-0.3, -0.25) is 0 Å². The lowest BCUT2D eigenvalue weighted by Gasteiger charge is -2.07. The Bertz CT molecular complexity index is 387. The number of ether oxygens (including phenoxy) is 1. The smallest absolute Gasteiger partial charge is 0.138 e. The Labute approximate surface area is 86.3 Å². The van der Waals surface area contributed by atoms with E-state index in [-0.39, 0.29) is 12.2 Å². The van der Waals surface area contributed by atoms with Crippen LogP contribution in [0.15, 0.2) is 6.07 Å². The maximum Gasteiger partial charge on any atom is 0.138 e. The van der Waals surface area contributed by atoms with Gasteiger partial charge < -0.3 is 14.6 Å². The summed E-state index contributed by atoms with van der Waals surface area (Å²) in [6.45, 7) is 0.582. The van der Waals surface area contributed by atoms with Gasteiger partial charge in [-0.05, 0) is 6.07 Å². The highest BCUT2D eigenvalue weighted by Crippen LogP contribution is 2.40. The summed E-state index contributed by atoms with van der Waals surface area (Å²) in [5.41, 5.74) is 1.35. The van der Waals surface area contributed by atoms with Crippen molar-refractivity contribution in [3.63, 3.8) is 0 Å². The van der Waals surface area contributed by atoms with Crippen LogP contribution in [0.2, 0.25) is 5.02 Å². The van der Waals surface area contributed by atoms with Gasteiger partial charge in [-0.15, -0.1) is 0 Å². The fraction of sp³-hybridized carbons (Fsp3) is 0.300. The van der Waals surface area contributed by atoms with Crippen LogP contribution in [0.3, 0.4) is 0 Å². The molecule has 0 amide bonds.